The van der Waals surface area contributed by atoms with E-state index in [1.807, 2.05) is 43.1 Å². The first-order valence-corrected chi connectivity index (χ1v) is 9.20. The Morgan fingerprint density at radius 1 is 1.37 bits per heavy atom. The van der Waals surface area contributed by atoms with Gasteiger partial charge in [-0.05, 0) is 30.2 Å². The summed E-state index contributed by atoms with van der Waals surface area (Å²) >= 11 is 0. The molecule has 1 saturated heterocycles. The maximum absolute atomic E-state index is 12.9. The third-order valence-electron chi connectivity index (χ3n) is 5.34. The molecule has 2 aliphatic heterocycles. The molecule has 27 heavy (non-hydrogen) atoms. The van der Waals surface area contributed by atoms with E-state index in [1.165, 1.54) is 6.08 Å². The summed E-state index contributed by atoms with van der Waals surface area (Å²) in [5, 5.41) is 0. The molecule has 0 N–H and O–H groups in total. The van der Waals surface area contributed by atoms with Gasteiger partial charge in [-0.1, -0.05) is 25.6 Å². The zero-order valence-electron chi connectivity index (χ0n) is 15.6. The van der Waals surface area contributed by atoms with Gasteiger partial charge in [-0.25, -0.2) is 9.97 Å². The van der Waals surface area contributed by atoms with Crippen LogP contribution in [0, 0.1) is 6.92 Å². The van der Waals surface area contributed by atoms with E-state index in [9.17, 15) is 9.59 Å². The molecule has 3 heterocycles. The van der Waals surface area contributed by atoms with Crippen LogP contribution in [0.5, 0.6) is 0 Å². The molecule has 2 amide bonds. The van der Waals surface area contributed by atoms with Crippen LogP contribution in [-0.2, 0) is 17.8 Å². The van der Waals surface area contributed by atoms with Gasteiger partial charge in [0.15, 0.2) is 0 Å². The molecular weight excluding hydrogens is 340 g/mol. The second-order valence-electron chi connectivity index (χ2n) is 7.08. The van der Waals surface area contributed by atoms with E-state index in [-0.39, 0.29) is 17.9 Å². The van der Waals surface area contributed by atoms with Gasteiger partial charge in [-0.15, -0.1) is 0 Å². The van der Waals surface area contributed by atoms with Crippen LogP contribution in [0.3, 0.4) is 0 Å². The lowest BCUT2D eigenvalue weighted by atomic mass is 10.0. The fourth-order valence-corrected chi connectivity index (χ4v) is 3.67. The average Bonchev–Trinajstić information content (AvgIpc) is 2.97. The first-order chi connectivity index (χ1) is 13.0. The Morgan fingerprint density at radius 2 is 2.15 bits per heavy atom. The van der Waals surface area contributed by atoms with Crippen LogP contribution in [0.1, 0.15) is 34.2 Å². The summed E-state index contributed by atoms with van der Waals surface area (Å²) < 4.78 is 0. The number of nitrogens with zero attached hydrogens (tertiary/aromatic N) is 4. The number of aromatic nitrogens is 2. The van der Waals surface area contributed by atoms with E-state index >= 15 is 0 Å². The van der Waals surface area contributed by atoms with Crippen molar-refractivity contribution in [3.63, 3.8) is 0 Å². The van der Waals surface area contributed by atoms with Crippen molar-refractivity contribution in [1.82, 2.24) is 19.8 Å². The molecule has 0 aliphatic carbocycles. The normalized spacial score (nSPS) is 16.3. The maximum Gasteiger partial charge on any atom is 0.254 e. The molecule has 1 aromatic heterocycles. The Labute approximate surface area is 158 Å². The van der Waals surface area contributed by atoms with Crippen LogP contribution >= 0.6 is 0 Å². The van der Waals surface area contributed by atoms with E-state index in [4.69, 9.17) is 0 Å². The Hall–Kier alpha value is -3.02. The molecule has 6 nitrogen and oxygen atoms in total. The van der Waals surface area contributed by atoms with Crippen molar-refractivity contribution < 1.29 is 9.59 Å². The monoisotopic (exact) mass is 362 g/mol. The lowest BCUT2D eigenvalue weighted by Crippen LogP contribution is -2.60. The van der Waals surface area contributed by atoms with Crippen molar-refractivity contribution >= 4 is 11.8 Å². The van der Waals surface area contributed by atoms with E-state index < -0.39 is 0 Å². The second kappa shape index (κ2) is 6.61. The predicted octanol–water partition coefficient (Wildman–Crippen LogP) is 2.37. The van der Waals surface area contributed by atoms with Crippen molar-refractivity contribution in [3.05, 3.63) is 59.6 Å². The van der Waals surface area contributed by atoms with Crippen LogP contribution < -0.4 is 0 Å². The van der Waals surface area contributed by atoms with E-state index in [1.54, 1.807) is 4.90 Å². The quantitative estimate of drug-likeness (QED) is 0.783. The van der Waals surface area contributed by atoms with Crippen LogP contribution in [0.25, 0.3) is 11.3 Å². The number of aryl methyl sites for hydroxylation is 2. The SMILES string of the molecule is C=CC(=O)N1CC(N2Cc3ccc(-c4nc(CC)ncc4C)cc3C2=O)C1. The van der Waals surface area contributed by atoms with E-state index in [0.29, 0.717) is 19.6 Å². The number of carbonyl (C=O) groups excluding carboxylic acids is 2. The van der Waals surface area contributed by atoms with Crippen LogP contribution in [0.2, 0.25) is 0 Å². The highest BCUT2D eigenvalue weighted by Crippen LogP contribution is 2.32. The molecular formula is C21H22N4O2. The van der Waals surface area contributed by atoms with Gasteiger partial charge in [-0.3, -0.25) is 9.59 Å². The number of amides is 2. The second-order valence-corrected chi connectivity index (χ2v) is 7.08. The standard InChI is InChI=1S/C21H22N4O2/c1-4-18-22-9-13(3)20(23-18)14-6-7-15-10-25(21(27)17(15)8-14)16-11-24(12-16)19(26)5-2/h5-9,16H,2,4,10-12H2,1,3H3. The van der Waals surface area contributed by atoms with Crippen molar-refractivity contribution in [2.45, 2.75) is 32.9 Å². The fourth-order valence-electron chi connectivity index (χ4n) is 3.67. The molecule has 138 valence electrons. The van der Waals surface area contributed by atoms with Crippen molar-refractivity contribution in [3.8, 4) is 11.3 Å². The Morgan fingerprint density at radius 3 is 2.85 bits per heavy atom. The zero-order valence-corrected chi connectivity index (χ0v) is 15.6. The van der Waals surface area contributed by atoms with Gasteiger partial charge in [0.2, 0.25) is 5.91 Å². The maximum atomic E-state index is 12.9. The first-order valence-electron chi connectivity index (χ1n) is 9.20. The Bertz CT molecular complexity index is 947. The molecule has 6 heteroatoms. The summed E-state index contributed by atoms with van der Waals surface area (Å²) in [5.74, 6) is 0.749. The molecule has 0 radical (unpaired) electrons. The number of rotatable bonds is 4. The predicted molar refractivity (Wildman–Crippen MR) is 102 cm³/mol. The summed E-state index contributed by atoms with van der Waals surface area (Å²) in [4.78, 5) is 37.1. The first kappa shape index (κ1) is 17.4. The van der Waals surface area contributed by atoms with E-state index in [0.717, 1.165) is 40.2 Å². The van der Waals surface area contributed by atoms with Gasteiger partial charge in [0.25, 0.3) is 5.91 Å². The zero-order chi connectivity index (χ0) is 19.1. The van der Waals surface area contributed by atoms with Gasteiger partial charge in [0, 0.05) is 43.4 Å². The smallest absolute Gasteiger partial charge is 0.254 e. The molecule has 2 aliphatic rings. The highest BCUT2D eigenvalue weighted by molar-refractivity contribution is 6.00. The minimum Gasteiger partial charge on any atom is -0.335 e. The van der Waals surface area contributed by atoms with Crippen molar-refractivity contribution in [2.24, 2.45) is 0 Å². The van der Waals surface area contributed by atoms with Gasteiger partial charge in [0.1, 0.15) is 5.82 Å². The van der Waals surface area contributed by atoms with Gasteiger partial charge >= 0.3 is 0 Å². The molecule has 1 fully saturated rings. The van der Waals surface area contributed by atoms with Gasteiger partial charge in [0.05, 0.1) is 11.7 Å². The molecule has 4 rings (SSSR count). The topological polar surface area (TPSA) is 66.4 Å². The van der Waals surface area contributed by atoms with E-state index in [2.05, 4.69) is 16.5 Å². The molecule has 0 atom stereocenters. The number of fused-ring (bicyclic) bond motifs is 1. The minimum absolute atomic E-state index is 0.0324. The summed E-state index contributed by atoms with van der Waals surface area (Å²) in [6.07, 6.45) is 3.92. The van der Waals surface area contributed by atoms with Crippen LogP contribution in [0.4, 0.5) is 0 Å². The number of hydrogen-bond acceptors (Lipinski definition) is 4. The van der Waals surface area contributed by atoms with Crippen molar-refractivity contribution in [1.29, 1.82) is 0 Å². The number of hydrogen-bond donors (Lipinski definition) is 0. The lowest BCUT2D eigenvalue weighted by Gasteiger charge is -2.43. The lowest BCUT2D eigenvalue weighted by molar-refractivity contribution is -0.132. The molecule has 0 saturated carbocycles. The Kier molecular flexibility index (Phi) is 4.26. The third kappa shape index (κ3) is 2.91. The average molecular weight is 362 g/mol. The summed E-state index contributed by atoms with van der Waals surface area (Å²) in [6, 6.07) is 6.06. The van der Waals surface area contributed by atoms with Crippen LogP contribution in [-0.4, -0.2) is 50.7 Å². The summed E-state index contributed by atoms with van der Waals surface area (Å²) in [7, 11) is 0. The summed E-state index contributed by atoms with van der Waals surface area (Å²) in [5.41, 5.74) is 4.57. The van der Waals surface area contributed by atoms with Gasteiger partial charge < -0.3 is 9.80 Å². The fraction of sp³-hybridized carbons (Fsp3) is 0.333. The molecule has 0 unspecified atom stereocenters. The number of carbonyl (C=O) groups is 2. The molecule has 2 aromatic rings. The van der Waals surface area contributed by atoms with Crippen molar-refractivity contribution in [2.75, 3.05) is 13.1 Å². The van der Waals surface area contributed by atoms with Crippen LogP contribution in [0.15, 0.2) is 37.1 Å². The highest BCUT2D eigenvalue weighted by atomic mass is 16.2. The highest BCUT2D eigenvalue weighted by Gasteiger charge is 2.40. The van der Waals surface area contributed by atoms with Gasteiger partial charge in [-0.2, -0.15) is 0 Å². The minimum atomic E-state index is -0.0799. The Balaban J connectivity index is 1.58. The third-order valence-corrected chi connectivity index (χ3v) is 5.34. The molecule has 0 spiro atoms. The number of likely N-dealkylation sites (tertiary alicyclic amines) is 1. The summed E-state index contributed by atoms with van der Waals surface area (Å²) in [6.45, 7) is 9.26. The molecule has 0 bridgehead atoms. The number of benzene rings is 1. The molecule has 1 aromatic carbocycles. The largest absolute Gasteiger partial charge is 0.335 e.